The van der Waals surface area contributed by atoms with Crippen molar-refractivity contribution in [2.45, 2.75) is 26.2 Å². The van der Waals surface area contributed by atoms with Crippen LogP contribution >= 0.6 is 11.3 Å². The van der Waals surface area contributed by atoms with Crippen LogP contribution in [0.3, 0.4) is 0 Å². The van der Waals surface area contributed by atoms with Gasteiger partial charge in [0.15, 0.2) is 4.96 Å². The number of ether oxygens (including phenoxy) is 3. The standard InChI is InChI=1S/C23H27N3O5S/c1-4-31-22(28)15-6-5-9-25(12-15)21(27)10-16-14-32-23-24-19(13-26(16)23)18-11-17(29-2)7-8-20(18)30-3/h7-8,11,13-15H,4-6,9-10,12H2,1-3H3. The van der Waals surface area contributed by atoms with Crippen LogP contribution in [0.2, 0.25) is 0 Å². The lowest BCUT2D eigenvalue weighted by atomic mass is 9.98. The van der Waals surface area contributed by atoms with Crippen molar-refractivity contribution in [2.24, 2.45) is 5.92 Å². The van der Waals surface area contributed by atoms with Gasteiger partial charge in [0, 0.05) is 35.9 Å². The van der Waals surface area contributed by atoms with Gasteiger partial charge in [0.05, 0.1) is 38.9 Å². The number of methoxy groups -OCH3 is 2. The van der Waals surface area contributed by atoms with Crippen LogP contribution in [0.1, 0.15) is 25.5 Å². The fourth-order valence-electron chi connectivity index (χ4n) is 4.02. The van der Waals surface area contributed by atoms with Crippen molar-refractivity contribution in [1.82, 2.24) is 14.3 Å². The first kappa shape index (κ1) is 22.1. The first-order valence-electron chi connectivity index (χ1n) is 10.7. The van der Waals surface area contributed by atoms with Gasteiger partial charge in [0.1, 0.15) is 11.5 Å². The van der Waals surface area contributed by atoms with Gasteiger partial charge in [-0.2, -0.15) is 0 Å². The molecule has 8 nitrogen and oxygen atoms in total. The lowest BCUT2D eigenvalue weighted by Crippen LogP contribution is -2.43. The number of carbonyl (C=O) groups is 2. The second-order valence-electron chi connectivity index (χ2n) is 7.68. The molecule has 2 aromatic heterocycles. The predicted molar refractivity (Wildman–Crippen MR) is 121 cm³/mol. The number of amides is 1. The summed E-state index contributed by atoms with van der Waals surface area (Å²) in [7, 11) is 3.24. The summed E-state index contributed by atoms with van der Waals surface area (Å²) in [5, 5.41) is 1.96. The number of piperidine rings is 1. The average molecular weight is 458 g/mol. The molecular formula is C23H27N3O5S. The van der Waals surface area contributed by atoms with Gasteiger partial charge in [0.2, 0.25) is 5.91 Å². The number of hydrogen-bond acceptors (Lipinski definition) is 7. The molecule has 32 heavy (non-hydrogen) atoms. The molecule has 0 spiro atoms. The highest BCUT2D eigenvalue weighted by Crippen LogP contribution is 2.34. The molecule has 0 radical (unpaired) electrons. The van der Waals surface area contributed by atoms with Crippen molar-refractivity contribution >= 4 is 28.2 Å². The Morgan fingerprint density at radius 2 is 2.09 bits per heavy atom. The Labute approximate surface area is 190 Å². The summed E-state index contributed by atoms with van der Waals surface area (Å²) in [6.07, 6.45) is 3.74. The molecule has 170 valence electrons. The highest BCUT2D eigenvalue weighted by Gasteiger charge is 2.29. The average Bonchev–Trinajstić information content (AvgIpc) is 3.40. The maximum atomic E-state index is 13.0. The zero-order valence-corrected chi connectivity index (χ0v) is 19.3. The van der Waals surface area contributed by atoms with E-state index >= 15 is 0 Å². The van der Waals surface area contributed by atoms with E-state index in [1.807, 2.05) is 34.2 Å². The van der Waals surface area contributed by atoms with Crippen LogP contribution in [0, 0.1) is 5.92 Å². The molecule has 0 aliphatic carbocycles. The number of thiazole rings is 1. The Morgan fingerprint density at radius 1 is 1.25 bits per heavy atom. The van der Waals surface area contributed by atoms with Gasteiger partial charge in [-0.25, -0.2) is 4.98 Å². The summed E-state index contributed by atoms with van der Waals surface area (Å²) in [6, 6.07) is 5.58. The predicted octanol–water partition coefficient (Wildman–Crippen LogP) is 3.42. The Bertz CT molecular complexity index is 1120. The molecule has 3 heterocycles. The summed E-state index contributed by atoms with van der Waals surface area (Å²) in [6.45, 7) is 3.24. The van der Waals surface area contributed by atoms with Crippen molar-refractivity contribution in [1.29, 1.82) is 0 Å². The van der Waals surface area contributed by atoms with Crippen LogP contribution in [0.15, 0.2) is 29.8 Å². The van der Waals surface area contributed by atoms with E-state index in [4.69, 9.17) is 19.2 Å². The summed E-state index contributed by atoms with van der Waals surface area (Å²) in [4.78, 5) is 32.4. The molecule has 4 rings (SSSR count). The first-order chi connectivity index (χ1) is 15.5. The molecule has 1 fully saturated rings. The fourth-order valence-corrected chi connectivity index (χ4v) is 4.90. The van der Waals surface area contributed by atoms with E-state index in [0.29, 0.717) is 31.2 Å². The molecule has 1 aliphatic rings. The summed E-state index contributed by atoms with van der Waals surface area (Å²) >= 11 is 1.49. The lowest BCUT2D eigenvalue weighted by Gasteiger charge is -2.31. The molecule has 1 saturated heterocycles. The number of rotatable bonds is 7. The molecule has 1 aromatic carbocycles. The normalized spacial score (nSPS) is 16.2. The van der Waals surface area contributed by atoms with Crippen LogP contribution in [-0.4, -0.2) is 60.1 Å². The van der Waals surface area contributed by atoms with Gasteiger partial charge >= 0.3 is 5.97 Å². The molecule has 3 aromatic rings. The van der Waals surface area contributed by atoms with E-state index in [1.54, 1.807) is 26.0 Å². The first-order valence-corrected chi connectivity index (χ1v) is 11.5. The number of carbonyl (C=O) groups excluding carboxylic acids is 2. The van der Waals surface area contributed by atoms with Crippen molar-refractivity contribution in [3.05, 3.63) is 35.5 Å². The van der Waals surface area contributed by atoms with Crippen molar-refractivity contribution in [3.63, 3.8) is 0 Å². The molecule has 0 saturated carbocycles. The topological polar surface area (TPSA) is 82.4 Å². The molecule has 1 amide bonds. The number of aromatic nitrogens is 2. The molecule has 1 aliphatic heterocycles. The lowest BCUT2D eigenvalue weighted by molar-refractivity contribution is -0.151. The van der Waals surface area contributed by atoms with Gasteiger partial charge in [-0.15, -0.1) is 11.3 Å². The minimum atomic E-state index is -0.240. The number of benzene rings is 1. The SMILES string of the molecule is CCOC(=O)C1CCCN(C(=O)Cc2csc3nc(-c4cc(OC)ccc4OC)cn23)C1. The van der Waals surface area contributed by atoms with Crippen LogP contribution in [-0.2, 0) is 20.7 Å². The third-order valence-corrected chi connectivity index (χ3v) is 6.58. The molecule has 9 heteroatoms. The summed E-state index contributed by atoms with van der Waals surface area (Å²) in [5.74, 6) is 0.971. The van der Waals surface area contributed by atoms with Gasteiger partial charge < -0.3 is 19.1 Å². The number of esters is 1. The van der Waals surface area contributed by atoms with Crippen LogP contribution in [0.4, 0.5) is 0 Å². The molecule has 0 N–H and O–H groups in total. The van der Waals surface area contributed by atoms with Crippen LogP contribution in [0.25, 0.3) is 16.2 Å². The maximum absolute atomic E-state index is 13.0. The van der Waals surface area contributed by atoms with Crippen LogP contribution in [0.5, 0.6) is 11.5 Å². The highest BCUT2D eigenvalue weighted by molar-refractivity contribution is 7.15. The Morgan fingerprint density at radius 3 is 2.84 bits per heavy atom. The smallest absolute Gasteiger partial charge is 0.310 e. The zero-order valence-electron chi connectivity index (χ0n) is 18.5. The second kappa shape index (κ2) is 9.60. The molecular weight excluding hydrogens is 430 g/mol. The summed E-state index contributed by atoms with van der Waals surface area (Å²) in [5.41, 5.74) is 2.45. The van der Waals surface area contributed by atoms with E-state index in [0.717, 1.165) is 34.8 Å². The number of imidazole rings is 1. The molecule has 0 bridgehead atoms. The molecule has 1 atom stereocenters. The summed E-state index contributed by atoms with van der Waals surface area (Å²) < 4.78 is 17.9. The number of nitrogens with zero attached hydrogens (tertiary/aromatic N) is 3. The van der Waals surface area contributed by atoms with Crippen molar-refractivity contribution in [2.75, 3.05) is 33.9 Å². The van der Waals surface area contributed by atoms with E-state index in [9.17, 15) is 9.59 Å². The van der Waals surface area contributed by atoms with Gasteiger partial charge in [-0.1, -0.05) is 0 Å². The quantitative estimate of drug-likeness (QED) is 0.506. The van der Waals surface area contributed by atoms with E-state index in [-0.39, 0.29) is 24.2 Å². The number of hydrogen-bond donors (Lipinski definition) is 0. The Hall–Kier alpha value is -3.07. The highest BCUT2D eigenvalue weighted by atomic mass is 32.1. The van der Waals surface area contributed by atoms with Gasteiger partial charge in [-0.3, -0.25) is 14.0 Å². The maximum Gasteiger partial charge on any atom is 0.310 e. The number of fused-ring (bicyclic) bond motifs is 1. The van der Waals surface area contributed by atoms with E-state index < -0.39 is 0 Å². The van der Waals surface area contributed by atoms with E-state index in [1.165, 1.54) is 11.3 Å². The van der Waals surface area contributed by atoms with Crippen LogP contribution < -0.4 is 9.47 Å². The minimum Gasteiger partial charge on any atom is -0.497 e. The van der Waals surface area contributed by atoms with Gasteiger partial charge in [0.25, 0.3) is 0 Å². The largest absolute Gasteiger partial charge is 0.497 e. The Kier molecular flexibility index (Phi) is 6.64. The van der Waals surface area contributed by atoms with Gasteiger partial charge in [-0.05, 0) is 38.0 Å². The second-order valence-corrected chi connectivity index (χ2v) is 8.52. The van der Waals surface area contributed by atoms with Crippen molar-refractivity contribution < 1.29 is 23.8 Å². The van der Waals surface area contributed by atoms with Crippen molar-refractivity contribution in [3.8, 4) is 22.8 Å². The zero-order chi connectivity index (χ0) is 22.7. The third-order valence-electron chi connectivity index (χ3n) is 5.69. The monoisotopic (exact) mass is 457 g/mol. The third kappa shape index (κ3) is 4.43. The minimum absolute atomic E-state index is 0.00732. The molecule has 1 unspecified atom stereocenters. The number of likely N-dealkylation sites (tertiary alicyclic amines) is 1. The fraction of sp³-hybridized carbons (Fsp3) is 0.435. The van der Waals surface area contributed by atoms with E-state index in [2.05, 4.69) is 0 Å². The Balaban J connectivity index is 1.53.